The first-order valence-electron chi connectivity index (χ1n) is 9.72. The van der Waals surface area contributed by atoms with Gasteiger partial charge in [0, 0.05) is 17.5 Å². The Kier molecular flexibility index (Phi) is 5.27. The number of rotatable bonds is 6. The summed E-state index contributed by atoms with van der Waals surface area (Å²) in [6.07, 6.45) is 1.22. The van der Waals surface area contributed by atoms with Gasteiger partial charge < -0.3 is 14.6 Å². The number of ketones is 1. The maximum atomic E-state index is 13.1. The summed E-state index contributed by atoms with van der Waals surface area (Å²) in [5.41, 5.74) is 4.93. The number of aromatic carboxylic acids is 1. The number of carbonyl (C=O) groups excluding carboxylic acids is 1. The summed E-state index contributed by atoms with van der Waals surface area (Å²) < 4.78 is 10.8. The molecule has 1 atom stereocenters. The molecule has 0 saturated carbocycles. The van der Waals surface area contributed by atoms with E-state index in [4.69, 9.17) is 14.6 Å². The van der Waals surface area contributed by atoms with Crippen LogP contribution in [0.15, 0.2) is 60.7 Å². The van der Waals surface area contributed by atoms with Crippen molar-refractivity contribution in [3.8, 4) is 22.6 Å². The lowest BCUT2D eigenvalue weighted by Gasteiger charge is -2.12. The Morgan fingerprint density at radius 2 is 1.60 bits per heavy atom. The number of carboxylic acids is 1. The third-order valence-electron chi connectivity index (χ3n) is 5.61. The maximum Gasteiger partial charge on any atom is 0.335 e. The molecule has 0 radical (unpaired) electrons. The fourth-order valence-electron chi connectivity index (χ4n) is 4.06. The Morgan fingerprint density at radius 1 is 0.967 bits per heavy atom. The summed E-state index contributed by atoms with van der Waals surface area (Å²) in [7, 11) is 3.23. The van der Waals surface area contributed by atoms with Crippen LogP contribution in [0.4, 0.5) is 0 Å². The molecule has 152 valence electrons. The van der Waals surface area contributed by atoms with Crippen molar-refractivity contribution in [1.82, 2.24) is 0 Å². The molecule has 0 heterocycles. The van der Waals surface area contributed by atoms with Gasteiger partial charge in [-0.15, -0.1) is 0 Å². The number of hydrogen-bond donors (Lipinski definition) is 1. The van der Waals surface area contributed by atoms with Crippen LogP contribution >= 0.6 is 0 Å². The van der Waals surface area contributed by atoms with Crippen molar-refractivity contribution in [2.24, 2.45) is 5.92 Å². The van der Waals surface area contributed by atoms with Crippen LogP contribution in [0.2, 0.25) is 0 Å². The molecule has 0 amide bonds. The molecular weight excluding hydrogens is 380 g/mol. The van der Waals surface area contributed by atoms with E-state index in [2.05, 4.69) is 0 Å². The van der Waals surface area contributed by atoms with Crippen molar-refractivity contribution in [1.29, 1.82) is 0 Å². The molecule has 1 aliphatic rings. The highest BCUT2D eigenvalue weighted by molar-refractivity contribution is 6.04. The molecule has 1 aliphatic carbocycles. The first-order chi connectivity index (χ1) is 14.5. The predicted octanol–water partition coefficient (Wildman–Crippen LogP) is 4.67. The largest absolute Gasteiger partial charge is 0.497 e. The van der Waals surface area contributed by atoms with Crippen LogP contribution in [0, 0.1) is 5.92 Å². The average molecular weight is 402 g/mol. The van der Waals surface area contributed by atoms with Crippen LogP contribution in [0.1, 0.15) is 31.8 Å². The number of hydrogen-bond acceptors (Lipinski definition) is 4. The number of ether oxygens (including phenoxy) is 2. The van der Waals surface area contributed by atoms with Gasteiger partial charge in [0.2, 0.25) is 0 Å². The topological polar surface area (TPSA) is 72.8 Å². The average Bonchev–Trinajstić information content (AvgIpc) is 3.09. The van der Waals surface area contributed by atoms with E-state index >= 15 is 0 Å². The minimum absolute atomic E-state index is 0.129. The molecule has 5 nitrogen and oxygen atoms in total. The Balaban J connectivity index is 1.65. The lowest BCUT2D eigenvalue weighted by atomic mass is 9.94. The quantitative estimate of drug-likeness (QED) is 0.649. The monoisotopic (exact) mass is 402 g/mol. The second-order valence-corrected chi connectivity index (χ2v) is 7.40. The molecule has 0 fully saturated rings. The highest BCUT2D eigenvalue weighted by Crippen LogP contribution is 2.38. The molecule has 5 heteroatoms. The van der Waals surface area contributed by atoms with Crippen molar-refractivity contribution in [2.75, 3.05) is 14.2 Å². The Morgan fingerprint density at radius 3 is 2.20 bits per heavy atom. The minimum Gasteiger partial charge on any atom is -0.497 e. The summed E-state index contributed by atoms with van der Waals surface area (Å²) in [5, 5.41) is 9.06. The van der Waals surface area contributed by atoms with Crippen LogP contribution in [0.25, 0.3) is 11.1 Å². The SMILES string of the molecule is COc1cc(OC)cc(-c2cccc3c2CC(Cc2ccc(C(=O)O)cc2)C3=O)c1. The number of methoxy groups -OCH3 is 2. The minimum atomic E-state index is -0.954. The molecule has 0 saturated heterocycles. The van der Waals surface area contributed by atoms with E-state index in [1.54, 1.807) is 38.5 Å². The number of benzene rings is 3. The van der Waals surface area contributed by atoms with Gasteiger partial charge in [0.15, 0.2) is 5.78 Å². The van der Waals surface area contributed by atoms with Crippen molar-refractivity contribution in [3.05, 3.63) is 82.9 Å². The third kappa shape index (κ3) is 3.66. The van der Waals surface area contributed by atoms with Gasteiger partial charge in [-0.1, -0.05) is 30.3 Å². The van der Waals surface area contributed by atoms with Gasteiger partial charge in [0.1, 0.15) is 11.5 Å². The van der Waals surface area contributed by atoms with E-state index in [1.165, 1.54) is 0 Å². The predicted molar refractivity (Wildman–Crippen MR) is 114 cm³/mol. The molecule has 1 N–H and O–H groups in total. The zero-order valence-corrected chi connectivity index (χ0v) is 16.8. The van der Waals surface area contributed by atoms with Crippen molar-refractivity contribution in [3.63, 3.8) is 0 Å². The van der Waals surface area contributed by atoms with Crippen molar-refractivity contribution in [2.45, 2.75) is 12.8 Å². The number of Topliss-reactive ketones (excluding diaryl/α,β-unsaturated/α-hetero) is 1. The zero-order chi connectivity index (χ0) is 21.3. The Bertz CT molecular complexity index is 1090. The van der Waals surface area contributed by atoms with Gasteiger partial charge in [0.05, 0.1) is 19.8 Å². The Hall–Kier alpha value is -3.60. The molecule has 3 aromatic carbocycles. The number of carbonyl (C=O) groups is 2. The third-order valence-corrected chi connectivity index (χ3v) is 5.61. The number of fused-ring (bicyclic) bond motifs is 1. The van der Waals surface area contributed by atoms with E-state index in [9.17, 15) is 9.59 Å². The van der Waals surface area contributed by atoms with Gasteiger partial charge in [-0.05, 0) is 59.4 Å². The molecule has 0 aliphatic heterocycles. The highest BCUT2D eigenvalue weighted by atomic mass is 16.5. The van der Waals surface area contributed by atoms with E-state index in [0.717, 1.165) is 27.8 Å². The van der Waals surface area contributed by atoms with Crippen molar-refractivity contribution < 1.29 is 24.2 Å². The van der Waals surface area contributed by atoms with Gasteiger partial charge in [-0.25, -0.2) is 4.79 Å². The molecule has 0 bridgehead atoms. The fraction of sp³-hybridized carbons (Fsp3) is 0.200. The normalized spacial score (nSPS) is 15.0. The van der Waals surface area contributed by atoms with Crippen LogP contribution in [-0.4, -0.2) is 31.1 Å². The van der Waals surface area contributed by atoms with Gasteiger partial charge in [0.25, 0.3) is 0 Å². The van der Waals surface area contributed by atoms with E-state index in [0.29, 0.717) is 24.3 Å². The molecule has 0 spiro atoms. The summed E-state index contributed by atoms with van der Waals surface area (Å²) in [5.74, 6) is 0.403. The first-order valence-corrected chi connectivity index (χ1v) is 9.72. The van der Waals surface area contributed by atoms with Gasteiger partial charge in [-0.2, -0.15) is 0 Å². The first kappa shape index (κ1) is 19.7. The summed E-state index contributed by atoms with van der Waals surface area (Å²) in [6.45, 7) is 0. The molecule has 30 heavy (non-hydrogen) atoms. The highest BCUT2D eigenvalue weighted by Gasteiger charge is 2.32. The van der Waals surface area contributed by atoms with E-state index < -0.39 is 5.97 Å². The second-order valence-electron chi connectivity index (χ2n) is 7.40. The molecular formula is C25H22O5. The Labute approximate surface area is 174 Å². The second kappa shape index (κ2) is 8.03. The summed E-state index contributed by atoms with van der Waals surface area (Å²) >= 11 is 0. The lowest BCUT2D eigenvalue weighted by molar-refractivity contribution is 0.0696. The smallest absolute Gasteiger partial charge is 0.335 e. The molecule has 1 unspecified atom stereocenters. The molecule has 3 aromatic rings. The number of carboxylic acid groups (broad SMARTS) is 1. The maximum absolute atomic E-state index is 13.1. The van der Waals surface area contributed by atoms with Gasteiger partial charge >= 0.3 is 5.97 Å². The standard InChI is InChI=1S/C25H22O5/c1-29-19-11-17(12-20(14-19)30-2)21-4-3-5-22-23(21)13-18(24(22)26)10-15-6-8-16(9-7-15)25(27)28/h3-9,11-12,14,18H,10,13H2,1-2H3,(H,27,28). The van der Waals surface area contributed by atoms with Crippen LogP contribution in [0.3, 0.4) is 0 Å². The fourth-order valence-corrected chi connectivity index (χ4v) is 4.06. The van der Waals surface area contributed by atoms with Crippen LogP contribution in [-0.2, 0) is 12.8 Å². The van der Waals surface area contributed by atoms with Crippen LogP contribution < -0.4 is 9.47 Å². The van der Waals surface area contributed by atoms with Crippen LogP contribution in [0.5, 0.6) is 11.5 Å². The van der Waals surface area contributed by atoms with Crippen molar-refractivity contribution >= 4 is 11.8 Å². The molecule has 4 rings (SSSR count). The zero-order valence-electron chi connectivity index (χ0n) is 16.8. The lowest BCUT2D eigenvalue weighted by Crippen LogP contribution is -2.12. The van der Waals surface area contributed by atoms with E-state index in [1.807, 2.05) is 36.4 Å². The van der Waals surface area contributed by atoms with E-state index in [-0.39, 0.29) is 17.3 Å². The summed E-state index contributed by atoms with van der Waals surface area (Å²) in [4.78, 5) is 24.1. The summed E-state index contributed by atoms with van der Waals surface area (Å²) in [6, 6.07) is 18.2. The van der Waals surface area contributed by atoms with Gasteiger partial charge in [-0.3, -0.25) is 4.79 Å². The molecule has 0 aromatic heterocycles.